The van der Waals surface area contributed by atoms with Gasteiger partial charge in [-0.25, -0.2) is 14.8 Å². The van der Waals surface area contributed by atoms with Crippen LogP contribution in [0.3, 0.4) is 0 Å². The highest BCUT2D eigenvalue weighted by Gasteiger charge is 2.32. The molecule has 5 aromatic rings. The Morgan fingerprint density at radius 3 is 2.29 bits per heavy atom. The quantitative estimate of drug-likeness (QED) is 0.149. The number of nitrogens with one attached hydrogen (secondary N) is 1. The highest BCUT2D eigenvalue weighted by molar-refractivity contribution is 6.05. The number of rotatable bonds is 10. The molecular formula is C31H22N8O6. The molecule has 3 aromatic heterocycles. The van der Waals surface area contributed by atoms with E-state index in [-0.39, 0.29) is 40.8 Å². The number of allylic oxidation sites excluding steroid dienone is 1. The summed E-state index contributed by atoms with van der Waals surface area (Å²) in [5.41, 5.74) is 0.846. The fourth-order valence-corrected chi connectivity index (χ4v) is 5.15. The molecule has 2 aromatic carbocycles. The number of hydrogen-bond acceptors (Lipinski definition) is 11. The molecule has 0 aliphatic carbocycles. The number of aromatic carboxylic acids is 1. The number of pyridine rings is 2. The molecule has 0 radical (unpaired) electrons. The van der Waals surface area contributed by atoms with Crippen molar-refractivity contribution >= 4 is 40.4 Å². The normalized spacial score (nSPS) is 15.3. The third-order valence-corrected chi connectivity index (χ3v) is 7.33. The number of nitro groups is 2. The summed E-state index contributed by atoms with van der Waals surface area (Å²) >= 11 is 0. The van der Waals surface area contributed by atoms with E-state index in [1.165, 1.54) is 36.5 Å². The second-order valence-corrected chi connectivity index (χ2v) is 10.0. The van der Waals surface area contributed by atoms with Crippen LogP contribution in [0.5, 0.6) is 0 Å². The van der Waals surface area contributed by atoms with E-state index in [0.29, 0.717) is 34.1 Å². The first-order chi connectivity index (χ1) is 21.8. The van der Waals surface area contributed by atoms with Gasteiger partial charge < -0.3 is 10.4 Å². The summed E-state index contributed by atoms with van der Waals surface area (Å²) in [7, 11) is 0. The Bertz CT molecular complexity index is 2010. The predicted molar refractivity (Wildman–Crippen MR) is 165 cm³/mol. The molecule has 4 heterocycles. The number of nitro benzene ring substituents is 1. The topological polar surface area (TPSA) is 200 Å². The molecule has 1 aliphatic heterocycles. The molecule has 0 bridgehead atoms. The standard InChI is InChI=1S/C31H22N8O6/c40-29(41)26-27(19-6-8-20(9-7-19)38(42)43)36-30(37-28(26)23-12-16-32-24-5-2-1-4-22(23)24)33-17-14-31(13-3-15-35-31)25-11-10-21(18-34-25)39(44)45/h1-13,15-16,18H,14,17H2,(H,40,41)(H,33,36,37). The van der Waals surface area contributed by atoms with Gasteiger partial charge in [0.1, 0.15) is 17.3 Å². The Morgan fingerprint density at radius 2 is 1.62 bits per heavy atom. The van der Waals surface area contributed by atoms with Crippen molar-refractivity contribution in [2.24, 2.45) is 4.99 Å². The summed E-state index contributed by atoms with van der Waals surface area (Å²) in [6, 6.07) is 17.3. The molecule has 0 saturated carbocycles. The lowest BCUT2D eigenvalue weighted by atomic mass is 9.92. The van der Waals surface area contributed by atoms with Gasteiger partial charge in [0.2, 0.25) is 5.95 Å². The fraction of sp³-hybridized carbons (Fsp3) is 0.0968. The summed E-state index contributed by atoms with van der Waals surface area (Å²) in [6.45, 7) is 0.253. The third kappa shape index (κ3) is 5.54. The number of para-hydroxylation sites is 1. The molecule has 6 rings (SSSR count). The minimum absolute atomic E-state index is 0.0660. The Morgan fingerprint density at radius 1 is 0.889 bits per heavy atom. The first-order valence-electron chi connectivity index (χ1n) is 13.6. The minimum atomic E-state index is -1.28. The van der Waals surface area contributed by atoms with E-state index in [4.69, 9.17) is 0 Å². The molecule has 14 heteroatoms. The van der Waals surface area contributed by atoms with E-state index in [1.54, 1.807) is 36.7 Å². The maximum absolute atomic E-state index is 12.8. The molecule has 1 unspecified atom stereocenters. The molecule has 0 saturated heterocycles. The number of anilines is 1. The SMILES string of the molecule is O=C(O)c1c(-c2ccc([N+](=O)[O-])cc2)nc(NCCC2(c3ccc([N+](=O)[O-])cn3)C=CC=N2)nc1-c1ccnc2ccccc12. The van der Waals surface area contributed by atoms with Crippen LogP contribution < -0.4 is 5.32 Å². The van der Waals surface area contributed by atoms with Crippen LogP contribution in [0.15, 0.2) is 96.3 Å². The van der Waals surface area contributed by atoms with Gasteiger partial charge in [-0.15, -0.1) is 0 Å². The zero-order chi connectivity index (χ0) is 31.6. The number of carbonyl (C=O) groups is 1. The smallest absolute Gasteiger partial charge is 0.340 e. The van der Waals surface area contributed by atoms with E-state index in [9.17, 15) is 30.1 Å². The van der Waals surface area contributed by atoms with Gasteiger partial charge in [-0.05, 0) is 48.9 Å². The van der Waals surface area contributed by atoms with Crippen molar-refractivity contribution < 1.29 is 19.7 Å². The molecule has 0 spiro atoms. The van der Waals surface area contributed by atoms with Gasteiger partial charge in [0, 0.05) is 53.7 Å². The van der Waals surface area contributed by atoms with E-state index < -0.39 is 21.4 Å². The van der Waals surface area contributed by atoms with E-state index in [1.807, 2.05) is 24.3 Å². The Kier molecular flexibility index (Phi) is 7.44. The number of carboxylic acid groups (broad SMARTS) is 1. The van der Waals surface area contributed by atoms with Crippen molar-refractivity contribution in [3.8, 4) is 22.5 Å². The number of nitrogens with zero attached hydrogens (tertiary/aromatic N) is 7. The first kappa shape index (κ1) is 28.7. The summed E-state index contributed by atoms with van der Waals surface area (Å²) in [4.78, 5) is 56.5. The number of benzene rings is 2. The van der Waals surface area contributed by atoms with E-state index in [2.05, 4.69) is 30.2 Å². The number of hydrogen-bond donors (Lipinski definition) is 2. The summed E-state index contributed by atoms with van der Waals surface area (Å²) in [6.07, 6.45) is 8.33. The van der Waals surface area contributed by atoms with Crippen molar-refractivity contribution in [1.29, 1.82) is 0 Å². The van der Waals surface area contributed by atoms with Crippen LogP contribution in [-0.2, 0) is 5.54 Å². The molecular weight excluding hydrogens is 580 g/mol. The number of aliphatic imine (C=N–C) groups is 1. The average Bonchev–Trinajstić information content (AvgIpc) is 3.54. The second-order valence-electron chi connectivity index (χ2n) is 10.0. The number of non-ortho nitro benzene ring substituents is 1. The monoisotopic (exact) mass is 602 g/mol. The van der Waals surface area contributed by atoms with Crippen molar-refractivity contribution in [2.75, 3.05) is 11.9 Å². The predicted octanol–water partition coefficient (Wildman–Crippen LogP) is 5.61. The highest BCUT2D eigenvalue weighted by Crippen LogP contribution is 2.36. The van der Waals surface area contributed by atoms with Gasteiger partial charge in [-0.2, -0.15) is 0 Å². The Labute approximate surface area is 254 Å². The van der Waals surface area contributed by atoms with Gasteiger partial charge in [-0.1, -0.05) is 18.2 Å². The number of carboxylic acids is 1. The number of fused-ring (bicyclic) bond motifs is 1. The Hall–Kier alpha value is -6.44. The van der Waals surface area contributed by atoms with E-state index in [0.717, 1.165) is 0 Å². The van der Waals surface area contributed by atoms with Crippen LogP contribution >= 0.6 is 0 Å². The lowest BCUT2D eigenvalue weighted by Gasteiger charge is -2.24. The minimum Gasteiger partial charge on any atom is -0.478 e. The van der Waals surface area contributed by atoms with Gasteiger partial charge >= 0.3 is 5.97 Å². The lowest BCUT2D eigenvalue weighted by Crippen LogP contribution is -2.25. The molecule has 1 aliphatic rings. The van der Waals surface area contributed by atoms with Crippen molar-refractivity contribution in [2.45, 2.75) is 12.0 Å². The summed E-state index contributed by atoms with van der Waals surface area (Å²) in [5.74, 6) is -1.17. The molecule has 14 nitrogen and oxygen atoms in total. The lowest BCUT2D eigenvalue weighted by molar-refractivity contribution is -0.385. The van der Waals surface area contributed by atoms with Crippen LogP contribution in [0.1, 0.15) is 22.5 Å². The van der Waals surface area contributed by atoms with Crippen LogP contribution in [-0.4, -0.2) is 53.6 Å². The van der Waals surface area contributed by atoms with Gasteiger partial charge in [0.15, 0.2) is 0 Å². The zero-order valence-corrected chi connectivity index (χ0v) is 23.3. The van der Waals surface area contributed by atoms with Crippen LogP contribution in [0.25, 0.3) is 33.4 Å². The average molecular weight is 603 g/mol. The second kappa shape index (κ2) is 11.7. The molecule has 1 atom stereocenters. The molecule has 0 fully saturated rings. The third-order valence-electron chi connectivity index (χ3n) is 7.33. The van der Waals surface area contributed by atoms with Gasteiger partial charge in [0.05, 0.1) is 32.4 Å². The highest BCUT2D eigenvalue weighted by atomic mass is 16.6. The van der Waals surface area contributed by atoms with Gasteiger partial charge in [0.25, 0.3) is 11.4 Å². The Balaban J connectivity index is 1.42. The van der Waals surface area contributed by atoms with Crippen LogP contribution in [0.4, 0.5) is 17.3 Å². The maximum Gasteiger partial charge on any atom is 0.340 e. The first-order valence-corrected chi connectivity index (χ1v) is 13.6. The van der Waals surface area contributed by atoms with Crippen molar-refractivity contribution in [3.05, 3.63) is 123 Å². The zero-order valence-electron chi connectivity index (χ0n) is 23.3. The van der Waals surface area contributed by atoms with Crippen LogP contribution in [0, 0.1) is 20.2 Å². The molecule has 222 valence electrons. The maximum atomic E-state index is 12.8. The molecule has 2 N–H and O–H groups in total. The molecule has 0 amide bonds. The summed E-state index contributed by atoms with van der Waals surface area (Å²) in [5, 5.41) is 36.6. The summed E-state index contributed by atoms with van der Waals surface area (Å²) < 4.78 is 0. The largest absolute Gasteiger partial charge is 0.478 e. The van der Waals surface area contributed by atoms with Crippen molar-refractivity contribution in [3.63, 3.8) is 0 Å². The fourth-order valence-electron chi connectivity index (χ4n) is 5.15. The van der Waals surface area contributed by atoms with E-state index >= 15 is 0 Å². The van der Waals surface area contributed by atoms with Gasteiger partial charge in [-0.3, -0.25) is 35.2 Å². The van der Waals surface area contributed by atoms with Crippen molar-refractivity contribution in [1.82, 2.24) is 19.9 Å². The molecule has 45 heavy (non-hydrogen) atoms. The number of aromatic nitrogens is 4. The van der Waals surface area contributed by atoms with Crippen LogP contribution in [0.2, 0.25) is 0 Å².